The van der Waals surface area contributed by atoms with E-state index in [1.807, 2.05) is 30.3 Å². The van der Waals surface area contributed by atoms with Crippen LogP contribution in [0.5, 0.6) is 0 Å². The molecule has 2 aromatic carbocycles. The first-order valence-electron chi connectivity index (χ1n) is 5.93. The molecule has 1 amide bonds. The monoisotopic (exact) mass is 274 g/mol. The van der Waals surface area contributed by atoms with E-state index < -0.39 is 0 Å². The first-order chi connectivity index (χ1) is 9.08. The average Bonchev–Trinajstić information content (AvgIpc) is 2.38. The Kier molecular flexibility index (Phi) is 4.07. The highest BCUT2D eigenvalue weighted by Gasteiger charge is 2.13. The summed E-state index contributed by atoms with van der Waals surface area (Å²) in [7, 11) is 1.72. The van der Waals surface area contributed by atoms with E-state index in [9.17, 15) is 4.79 Å². The van der Waals surface area contributed by atoms with E-state index in [-0.39, 0.29) is 5.91 Å². The van der Waals surface area contributed by atoms with Gasteiger partial charge < -0.3 is 10.6 Å². The van der Waals surface area contributed by atoms with Gasteiger partial charge in [-0.1, -0.05) is 35.9 Å². The summed E-state index contributed by atoms with van der Waals surface area (Å²) in [4.78, 5) is 13.8. The molecule has 0 radical (unpaired) electrons. The van der Waals surface area contributed by atoms with Gasteiger partial charge in [-0.05, 0) is 29.8 Å². The van der Waals surface area contributed by atoms with E-state index >= 15 is 0 Å². The molecule has 0 unspecified atom stereocenters. The number of nitrogens with zero attached hydrogens (tertiary/aromatic N) is 1. The maximum atomic E-state index is 12.2. The molecular formula is C15H15ClN2O. The number of likely N-dealkylation sites (N-methyl/N-ethyl adjacent to an activating group) is 1. The molecule has 0 aliphatic heterocycles. The van der Waals surface area contributed by atoms with Gasteiger partial charge in [0.05, 0.1) is 17.8 Å². The summed E-state index contributed by atoms with van der Waals surface area (Å²) in [6.45, 7) is 0. The second-order valence-electron chi connectivity index (χ2n) is 4.32. The van der Waals surface area contributed by atoms with Crippen LogP contribution in [0.1, 0.15) is 5.56 Å². The van der Waals surface area contributed by atoms with Crippen molar-refractivity contribution >= 4 is 28.9 Å². The van der Waals surface area contributed by atoms with Crippen molar-refractivity contribution < 1.29 is 4.79 Å². The number of hydrogen-bond acceptors (Lipinski definition) is 2. The fraction of sp³-hybridized carbons (Fsp3) is 0.133. The van der Waals surface area contributed by atoms with E-state index in [1.54, 1.807) is 30.1 Å². The van der Waals surface area contributed by atoms with Gasteiger partial charge in [0.1, 0.15) is 0 Å². The van der Waals surface area contributed by atoms with E-state index in [4.69, 9.17) is 17.3 Å². The number of nitrogens with two attached hydrogens (primary N) is 1. The second kappa shape index (κ2) is 5.76. The molecule has 0 spiro atoms. The molecule has 0 aliphatic carbocycles. The van der Waals surface area contributed by atoms with Gasteiger partial charge in [-0.15, -0.1) is 0 Å². The molecule has 98 valence electrons. The van der Waals surface area contributed by atoms with Crippen LogP contribution >= 0.6 is 11.6 Å². The van der Waals surface area contributed by atoms with Gasteiger partial charge in [0.15, 0.2) is 0 Å². The number of benzene rings is 2. The molecule has 0 atom stereocenters. The van der Waals surface area contributed by atoms with E-state index in [2.05, 4.69) is 0 Å². The van der Waals surface area contributed by atoms with Crippen LogP contribution in [0.4, 0.5) is 11.4 Å². The Balaban J connectivity index is 2.14. The lowest BCUT2D eigenvalue weighted by atomic mass is 10.1. The summed E-state index contributed by atoms with van der Waals surface area (Å²) < 4.78 is 0. The van der Waals surface area contributed by atoms with Crippen LogP contribution < -0.4 is 10.6 Å². The molecule has 19 heavy (non-hydrogen) atoms. The molecule has 0 saturated carbocycles. The van der Waals surface area contributed by atoms with Crippen molar-refractivity contribution in [3.8, 4) is 0 Å². The molecular weight excluding hydrogens is 260 g/mol. The molecule has 2 aromatic rings. The lowest BCUT2D eigenvalue weighted by molar-refractivity contribution is -0.117. The fourth-order valence-corrected chi connectivity index (χ4v) is 2.08. The highest BCUT2D eigenvalue weighted by atomic mass is 35.5. The summed E-state index contributed by atoms with van der Waals surface area (Å²) in [5.41, 5.74) is 8.05. The number of amides is 1. The highest BCUT2D eigenvalue weighted by molar-refractivity contribution is 6.30. The predicted molar refractivity (Wildman–Crippen MR) is 79.4 cm³/mol. The fourth-order valence-electron chi connectivity index (χ4n) is 1.87. The average molecular weight is 275 g/mol. The van der Waals surface area contributed by atoms with Gasteiger partial charge in [-0.3, -0.25) is 4.79 Å². The topological polar surface area (TPSA) is 46.3 Å². The number of anilines is 2. The van der Waals surface area contributed by atoms with Crippen molar-refractivity contribution in [1.29, 1.82) is 0 Å². The van der Waals surface area contributed by atoms with Crippen LogP contribution in [0, 0.1) is 0 Å². The van der Waals surface area contributed by atoms with Crippen molar-refractivity contribution in [3.05, 3.63) is 59.1 Å². The number of halogens is 1. The third kappa shape index (κ3) is 3.26. The zero-order chi connectivity index (χ0) is 13.8. The smallest absolute Gasteiger partial charge is 0.231 e. The molecule has 0 aromatic heterocycles. The maximum absolute atomic E-state index is 12.2. The summed E-state index contributed by atoms with van der Waals surface area (Å²) in [5, 5.41) is 0.632. The van der Waals surface area contributed by atoms with Crippen LogP contribution in [-0.2, 0) is 11.2 Å². The van der Waals surface area contributed by atoms with Gasteiger partial charge in [0, 0.05) is 12.1 Å². The first-order valence-corrected chi connectivity index (χ1v) is 6.31. The Hall–Kier alpha value is -2.00. The molecule has 3 nitrogen and oxygen atoms in total. The maximum Gasteiger partial charge on any atom is 0.231 e. The number of hydrogen-bond donors (Lipinski definition) is 1. The molecule has 0 bridgehead atoms. The van der Waals surface area contributed by atoms with Gasteiger partial charge >= 0.3 is 0 Å². The minimum atomic E-state index is -0.0276. The molecule has 0 aliphatic rings. The number of carbonyl (C=O) groups is 1. The molecule has 0 fully saturated rings. The third-order valence-corrected chi connectivity index (χ3v) is 3.15. The summed E-state index contributed by atoms with van der Waals surface area (Å²) >= 11 is 5.91. The van der Waals surface area contributed by atoms with Gasteiger partial charge in [-0.2, -0.15) is 0 Å². The molecule has 2 N–H and O–H groups in total. The summed E-state index contributed by atoms with van der Waals surface area (Å²) in [5.74, 6) is -0.0276. The number of rotatable bonds is 3. The van der Waals surface area contributed by atoms with Crippen LogP contribution in [-0.4, -0.2) is 13.0 Å². The molecule has 2 rings (SSSR count). The lowest BCUT2D eigenvalue weighted by Gasteiger charge is -2.19. The standard InChI is InChI=1S/C15H15ClN2O/c1-18(14-8-3-2-7-13(14)17)15(19)10-11-5-4-6-12(16)9-11/h2-9H,10,17H2,1H3. The predicted octanol–water partition coefficient (Wildman–Crippen LogP) is 3.13. The Morgan fingerprint density at radius 3 is 2.63 bits per heavy atom. The Bertz CT molecular complexity index is 598. The zero-order valence-electron chi connectivity index (χ0n) is 10.6. The van der Waals surface area contributed by atoms with Crippen molar-refractivity contribution in [2.75, 3.05) is 17.7 Å². The number of para-hydroxylation sites is 2. The third-order valence-electron chi connectivity index (χ3n) is 2.92. The van der Waals surface area contributed by atoms with Crippen LogP contribution in [0.15, 0.2) is 48.5 Å². The van der Waals surface area contributed by atoms with Gasteiger partial charge in [0.2, 0.25) is 5.91 Å². The Morgan fingerprint density at radius 1 is 1.21 bits per heavy atom. The SMILES string of the molecule is CN(C(=O)Cc1cccc(Cl)c1)c1ccccc1N. The lowest BCUT2D eigenvalue weighted by Crippen LogP contribution is -2.28. The highest BCUT2D eigenvalue weighted by Crippen LogP contribution is 2.22. The molecule has 0 heterocycles. The van der Waals surface area contributed by atoms with Crippen LogP contribution in [0.25, 0.3) is 0 Å². The van der Waals surface area contributed by atoms with E-state index in [0.29, 0.717) is 17.1 Å². The van der Waals surface area contributed by atoms with Crippen molar-refractivity contribution in [2.24, 2.45) is 0 Å². The van der Waals surface area contributed by atoms with E-state index in [1.165, 1.54) is 0 Å². The summed E-state index contributed by atoms with van der Waals surface area (Å²) in [6.07, 6.45) is 0.297. The largest absolute Gasteiger partial charge is 0.397 e. The van der Waals surface area contributed by atoms with Gasteiger partial charge in [0.25, 0.3) is 0 Å². The normalized spacial score (nSPS) is 10.2. The first kappa shape index (κ1) is 13.4. The number of nitrogen functional groups attached to an aromatic ring is 1. The van der Waals surface area contributed by atoms with Crippen molar-refractivity contribution in [1.82, 2.24) is 0 Å². The summed E-state index contributed by atoms with van der Waals surface area (Å²) in [6, 6.07) is 14.6. The Labute approximate surface area is 117 Å². The van der Waals surface area contributed by atoms with Crippen LogP contribution in [0.3, 0.4) is 0 Å². The minimum absolute atomic E-state index is 0.0276. The number of carbonyl (C=O) groups excluding carboxylic acids is 1. The van der Waals surface area contributed by atoms with Gasteiger partial charge in [-0.25, -0.2) is 0 Å². The molecule has 0 saturated heterocycles. The quantitative estimate of drug-likeness (QED) is 0.874. The Morgan fingerprint density at radius 2 is 1.95 bits per heavy atom. The zero-order valence-corrected chi connectivity index (χ0v) is 11.4. The van der Waals surface area contributed by atoms with E-state index in [0.717, 1.165) is 11.3 Å². The van der Waals surface area contributed by atoms with Crippen LogP contribution in [0.2, 0.25) is 5.02 Å². The molecule has 4 heteroatoms. The van der Waals surface area contributed by atoms with Crippen molar-refractivity contribution in [2.45, 2.75) is 6.42 Å². The van der Waals surface area contributed by atoms with Crippen molar-refractivity contribution in [3.63, 3.8) is 0 Å². The minimum Gasteiger partial charge on any atom is -0.397 e. The second-order valence-corrected chi connectivity index (χ2v) is 4.75.